The van der Waals surface area contributed by atoms with Gasteiger partial charge in [0.25, 0.3) is 0 Å². The van der Waals surface area contributed by atoms with E-state index in [1.165, 1.54) is 6.42 Å². The summed E-state index contributed by atoms with van der Waals surface area (Å²) in [6.07, 6.45) is 5.00. The summed E-state index contributed by atoms with van der Waals surface area (Å²) in [5.41, 5.74) is 1.74. The Morgan fingerprint density at radius 2 is 2.22 bits per heavy atom. The van der Waals surface area contributed by atoms with Crippen LogP contribution in [0.1, 0.15) is 51.4 Å². The van der Waals surface area contributed by atoms with Crippen molar-refractivity contribution in [1.82, 2.24) is 9.78 Å². The highest BCUT2D eigenvalue weighted by Gasteiger charge is 2.40. The van der Waals surface area contributed by atoms with E-state index in [-0.39, 0.29) is 0 Å². The van der Waals surface area contributed by atoms with Crippen molar-refractivity contribution >= 4 is 0 Å². The van der Waals surface area contributed by atoms with Gasteiger partial charge in [-0.15, -0.1) is 0 Å². The third kappa shape index (κ3) is 2.46. The fourth-order valence-corrected chi connectivity index (χ4v) is 3.21. The summed E-state index contributed by atoms with van der Waals surface area (Å²) in [7, 11) is 1.98. The summed E-state index contributed by atoms with van der Waals surface area (Å²) in [5, 5.41) is 15.4. The van der Waals surface area contributed by atoms with E-state index < -0.39 is 5.60 Å². The molecule has 1 aliphatic rings. The van der Waals surface area contributed by atoms with Gasteiger partial charge in [0.15, 0.2) is 0 Å². The lowest BCUT2D eigenvalue weighted by Gasteiger charge is -2.42. The van der Waals surface area contributed by atoms with Gasteiger partial charge in [0.1, 0.15) is 0 Å². The molecule has 1 aliphatic carbocycles. The Balaban J connectivity index is 2.18. The Hall–Kier alpha value is -0.830. The number of aliphatic hydroxyl groups is 1. The zero-order chi connectivity index (χ0) is 13.3. The molecule has 1 aromatic rings. The van der Waals surface area contributed by atoms with Crippen molar-refractivity contribution in [3.05, 3.63) is 17.5 Å². The number of nitrogens with zero attached hydrogens (tertiary/aromatic N) is 2. The smallest absolute Gasteiger partial charge is 0.0730 e. The van der Waals surface area contributed by atoms with Gasteiger partial charge in [0, 0.05) is 19.2 Å². The molecule has 3 atom stereocenters. The van der Waals surface area contributed by atoms with Crippen molar-refractivity contribution in [3.63, 3.8) is 0 Å². The van der Waals surface area contributed by atoms with Crippen molar-refractivity contribution in [3.8, 4) is 0 Å². The molecule has 1 aromatic heterocycles. The molecule has 1 fully saturated rings. The minimum absolute atomic E-state index is 0.367. The first-order valence-corrected chi connectivity index (χ1v) is 7.20. The van der Waals surface area contributed by atoms with Crippen LogP contribution in [0.5, 0.6) is 0 Å². The fourth-order valence-electron chi connectivity index (χ4n) is 3.21. The van der Waals surface area contributed by atoms with E-state index in [1.54, 1.807) is 0 Å². The van der Waals surface area contributed by atoms with E-state index in [4.69, 9.17) is 0 Å². The van der Waals surface area contributed by atoms with Crippen LogP contribution >= 0.6 is 0 Å². The minimum Gasteiger partial charge on any atom is -0.389 e. The summed E-state index contributed by atoms with van der Waals surface area (Å²) in [4.78, 5) is 0. The highest BCUT2D eigenvalue weighted by molar-refractivity contribution is 5.14. The van der Waals surface area contributed by atoms with Crippen LogP contribution in [0.15, 0.2) is 6.07 Å². The molecule has 1 heterocycles. The van der Waals surface area contributed by atoms with Gasteiger partial charge in [0.2, 0.25) is 0 Å². The van der Waals surface area contributed by atoms with Gasteiger partial charge in [-0.25, -0.2) is 0 Å². The first-order valence-electron chi connectivity index (χ1n) is 7.20. The maximum absolute atomic E-state index is 10.9. The van der Waals surface area contributed by atoms with Crippen molar-refractivity contribution in [2.24, 2.45) is 18.9 Å². The molecule has 3 unspecified atom stereocenters. The Labute approximate surface area is 110 Å². The topological polar surface area (TPSA) is 38.0 Å². The van der Waals surface area contributed by atoms with E-state index in [2.05, 4.69) is 31.9 Å². The first kappa shape index (κ1) is 13.6. The third-order valence-electron chi connectivity index (χ3n) is 4.85. The molecule has 1 N–H and O–H groups in total. The largest absolute Gasteiger partial charge is 0.389 e. The summed E-state index contributed by atoms with van der Waals surface area (Å²) < 4.78 is 1.93. The Morgan fingerprint density at radius 1 is 1.50 bits per heavy atom. The molecule has 0 saturated heterocycles. The Morgan fingerprint density at radius 3 is 2.83 bits per heavy atom. The quantitative estimate of drug-likeness (QED) is 0.895. The van der Waals surface area contributed by atoms with Crippen LogP contribution < -0.4 is 0 Å². The molecule has 0 aromatic carbocycles. The van der Waals surface area contributed by atoms with Crippen LogP contribution in [0.2, 0.25) is 0 Å². The molecule has 3 nitrogen and oxygen atoms in total. The van der Waals surface area contributed by atoms with E-state index in [9.17, 15) is 5.11 Å². The van der Waals surface area contributed by atoms with Crippen molar-refractivity contribution in [2.75, 3.05) is 0 Å². The van der Waals surface area contributed by atoms with Crippen molar-refractivity contribution < 1.29 is 5.11 Å². The van der Waals surface area contributed by atoms with E-state index in [0.29, 0.717) is 11.8 Å². The second-order valence-electron chi connectivity index (χ2n) is 6.04. The zero-order valence-corrected chi connectivity index (χ0v) is 12.1. The number of hydrogen-bond acceptors (Lipinski definition) is 2. The predicted octanol–water partition coefficient (Wildman–Crippen LogP) is 2.71. The lowest BCUT2D eigenvalue weighted by Crippen LogP contribution is -2.45. The summed E-state index contributed by atoms with van der Waals surface area (Å²) in [6, 6.07) is 2.14. The van der Waals surface area contributed by atoms with Crippen molar-refractivity contribution in [2.45, 2.75) is 58.5 Å². The second-order valence-corrected chi connectivity index (χ2v) is 6.04. The van der Waals surface area contributed by atoms with Crippen LogP contribution in [-0.2, 0) is 19.9 Å². The van der Waals surface area contributed by atoms with Gasteiger partial charge in [-0.05, 0) is 30.7 Å². The van der Waals surface area contributed by atoms with E-state index >= 15 is 0 Å². The Bertz CT molecular complexity index is 413. The number of aryl methyl sites for hydroxylation is 2. The maximum Gasteiger partial charge on any atom is 0.0730 e. The van der Waals surface area contributed by atoms with Crippen LogP contribution in [0.4, 0.5) is 0 Å². The van der Waals surface area contributed by atoms with E-state index in [1.807, 2.05) is 11.7 Å². The van der Waals surface area contributed by atoms with Crippen molar-refractivity contribution in [1.29, 1.82) is 0 Å². The van der Waals surface area contributed by atoms with E-state index in [0.717, 1.165) is 37.1 Å². The molecule has 3 heteroatoms. The van der Waals surface area contributed by atoms with Gasteiger partial charge in [-0.1, -0.05) is 33.6 Å². The molecule has 0 radical (unpaired) electrons. The monoisotopic (exact) mass is 250 g/mol. The highest BCUT2D eigenvalue weighted by atomic mass is 16.3. The molecule has 2 rings (SSSR count). The second kappa shape index (κ2) is 5.04. The summed E-state index contributed by atoms with van der Waals surface area (Å²) >= 11 is 0. The first-order chi connectivity index (χ1) is 8.46. The number of aromatic nitrogens is 2. The van der Waals surface area contributed by atoms with Crippen LogP contribution in [0.25, 0.3) is 0 Å². The summed E-state index contributed by atoms with van der Waals surface area (Å²) in [5.74, 6) is 0.980. The average molecular weight is 250 g/mol. The highest BCUT2D eigenvalue weighted by Crippen LogP contribution is 2.39. The molecule has 0 amide bonds. The van der Waals surface area contributed by atoms with Crippen LogP contribution in [0.3, 0.4) is 0 Å². The zero-order valence-electron chi connectivity index (χ0n) is 12.1. The summed E-state index contributed by atoms with van der Waals surface area (Å²) in [6.45, 7) is 6.57. The molecule has 18 heavy (non-hydrogen) atoms. The molecule has 0 bridgehead atoms. The van der Waals surface area contributed by atoms with Gasteiger partial charge in [0.05, 0.1) is 11.3 Å². The average Bonchev–Trinajstić information content (AvgIpc) is 2.67. The van der Waals surface area contributed by atoms with Gasteiger partial charge in [-0.2, -0.15) is 5.10 Å². The maximum atomic E-state index is 10.9. The normalized spacial score (nSPS) is 32.7. The molecular formula is C15H26N2O. The minimum atomic E-state index is -0.545. The lowest BCUT2D eigenvalue weighted by molar-refractivity contribution is -0.0632. The molecule has 0 spiro atoms. The van der Waals surface area contributed by atoms with Gasteiger partial charge >= 0.3 is 0 Å². The standard InChI is InChI=1S/C15H26N2O/c1-5-13-9-14(17(4)16-13)10-15(18)8-6-7-11(2)12(15)3/h9,11-12,18H,5-8,10H2,1-4H3. The number of rotatable bonds is 3. The van der Waals surface area contributed by atoms with Crippen LogP contribution in [0, 0.1) is 11.8 Å². The SMILES string of the molecule is CCc1cc(CC2(O)CCCC(C)C2C)n(C)n1. The lowest BCUT2D eigenvalue weighted by atomic mass is 9.69. The van der Waals surface area contributed by atoms with Crippen LogP contribution in [-0.4, -0.2) is 20.5 Å². The third-order valence-corrected chi connectivity index (χ3v) is 4.85. The molecule has 1 saturated carbocycles. The van der Waals surface area contributed by atoms with Gasteiger partial charge in [-0.3, -0.25) is 4.68 Å². The Kier molecular flexibility index (Phi) is 3.81. The molecular weight excluding hydrogens is 224 g/mol. The molecule has 102 valence electrons. The molecule has 0 aliphatic heterocycles. The predicted molar refractivity (Wildman–Crippen MR) is 73.4 cm³/mol. The fraction of sp³-hybridized carbons (Fsp3) is 0.800. The number of hydrogen-bond donors (Lipinski definition) is 1. The van der Waals surface area contributed by atoms with Gasteiger partial charge < -0.3 is 5.11 Å².